The van der Waals surface area contributed by atoms with E-state index >= 15 is 0 Å². The van der Waals surface area contributed by atoms with Gasteiger partial charge in [0.25, 0.3) is 0 Å². The van der Waals surface area contributed by atoms with Crippen LogP contribution in [0.25, 0.3) is 0 Å². The Morgan fingerprint density at radius 2 is 1.50 bits per heavy atom. The number of ketones is 1. The number of hydrogen-bond acceptors (Lipinski definition) is 3. The Labute approximate surface area is 183 Å². The van der Waals surface area contributed by atoms with Crippen LogP contribution in [-0.2, 0) is 4.79 Å². The van der Waals surface area contributed by atoms with Gasteiger partial charge in [-0.3, -0.25) is 4.79 Å². The molecule has 30 heavy (non-hydrogen) atoms. The normalized spacial score (nSPS) is 59.7. The highest BCUT2D eigenvalue weighted by molar-refractivity contribution is 5.85. The van der Waals surface area contributed by atoms with E-state index in [-0.39, 0.29) is 39.1 Å². The van der Waals surface area contributed by atoms with Gasteiger partial charge in [-0.1, -0.05) is 48.0 Å². The standard InChI is InChI=1S/C27H44O3/c1-23(2)19-14-21(29)27(6)18(25(19,4)13-11-20(23)28)10-9-17-16-8-7-12-24(16,3)15-22(30)26(17,27)5/h16-19,21-22,29-30H,7-15H2,1-6H3/t16-,17?,18?,19?,21?,22+,24?,25?,26+,27?/m1/s1. The largest absolute Gasteiger partial charge is 0.393 e. The van der Waals surface area contributed by atoms with Crippen molar-refractivity contribution in [3.8, 4) is 0 Å². The van der Waals surface area contributed by atoms with E-state index in [9.17, 15) is 15.0 Å². The molecule has 3 heteroatoms. The van der Waals surface area contributed by atoms with Crippen LogP contribution in [0.5, 0.6) is 0 Å². The van der Waals surface area contributed by atoms with Gasteiger partial charge in [-0.25, -0.2) is 0 Å². The number of aliphatic hydroxyl groups is 2. The first-order chi connectivity index (χ1) is 13.8. The second-order valence-corrected chi connectivity index (χ2v) is 13.6. The third kappa shape index (κ3) is 2.23. The lowest BCUT2D eigenvalue weighted by Gasteiger charge is -2.74. The molecular weight excluding hydrogens is 372 g/mol. The van der Waals surface area contributed by atoms with E-state index in [0.29, 0.717) is 36.4 Å². The molecule has 10 atom stereocenters. The summed E-state index contributed by atoms with van der Waals surface area (Å²) in [5, 5.41) is 23.6. The lowest BCUT2D eigenvalue weighted by atomic mass is 9.31. The van der Waals surface area contributed by atoms with Gasteiger partial charge < -0.3 is 10.2 Å². The number of hydrogen-bond donors (Lipinski definition) is 2. The Kier molecular flexibility index (Phi) is 4.38. The minimum absolute atomic E-state index is 0.0650. The predicted octanol–water partition coefficient (Wildman–Crippen LogP) is 5.37. The number of rotatable bonds is 0. The highest BCUT2D eigenvalue weighted by Gasteiger charge is 2.74. The minimum Gasteiger partial charge on any atom is -0.393 e. The van der Waals surface area contributed by atoms with Crippen LogP contribution in [0.3, 0.4) is 0 Å². The number of carbonyl (C=O) groups excluding carboxylic acids is 1. The molecule has 0 radical (unpaired) electrons. The molecule has 7 unspecified atom stereocenters. The molecule has 5 aliphatic rings. The second kappa shape index (κ2) is 6.13. The molecule has 0 bridgehead atoms. The molecule has 0 aromatic carbocycles. The molecule has 5 fully saturated rings. The zero-order valence-electron chi connectivity index (χ0n) is 20.1. The molecule has 5 saturated carbocycles. The summed E-state index contributed by atoms with van der Waals surface area (Å²) in [6.45, 7) is 13.8. The predicted molar refractivity (Wildman–Crippen MR) is 119 cm³/mol. The maximum atomic E-state index is 12.8. The van der Waals surface area contributed by atoms with Crippen LogP contribution in [0.4, 0.5) is 0 Å². The number of fused-ring (bicyclic) bond motifs is 7. The summed E-state index contributed by atoms with van der Waals surface area (Å²) in [4.78, 5) is 12.8. The molecule has 5 rings (SSSR count). The van der Waals surface area contributed by atoms with Crippen molar-refractivity contribution in [2.45, 2.75) is 112 Å². The Morgan fingerprint density at radius 3 is 2.20 bits per heavy atom. The quantitative estimate of drug-likeness (QED) is 0.558. The third-order valence-electron chi connectivity index (χ3n) is 12.6. The molecule has 0 aromatic heterocycles. The maximum absolute atomic E-state index is 12.8. The van der Waals surface area contributed by atoms with E-state index in [4.69, 9.17) is 0 Å². The van der Waals surface area contributed by atoms with Crippen molar-refractivity contribution < 1.29 is 15.0 Å². The molecule has 0 aromatic rings. The minimum atomic E-state index is -0.445. The first kappa shape index (κ1) is 21.4. The Balaban J connectivity index is 1.62. The van der Waals surface area contributed by atoms with Crippen molar-refractivity contribution in [1.29, 1.82) is 0 Å². The zero-order valence-corrected chi connectivity index (χ0v) is 20.1. The van der Waals surface area contributed by atoms with Gasteiger partial charge in [0.1, 0.15) is 5.78 Å². The number of Topliss-reactive ketones (excluding diaryl/α,β-unsaturated/α-hetero) is 1. The second-order valence-electron chi connectivity index (χ2n) is 13.6. The van der Waals surface area contributed by atoms with Gasteiger partial charge in [-0.05, 0) is 79.4 Å². The van der Waals surface area contributed by atoms with E-state index in [0.717, 1.165) is 19.3 Å². The average Bonchev–Trinajstić information content (AvgIpc) is 3.04. The first-order valence-corrected chi connectivity index (χ1v) is 12.7. The highest BCUT2D eigenvalue weighted by atomic mass is 16.3. The van der Waals surface area contributed by atoms with Crippen LogP contribution >= 0.6 is 0 Å². The van der Waals surface area contributed by atoms with Crippen LogP contribution in [0.15, 0.2) is 0 Å². The molecule has 5 aliphatic carbocycles. The summed E-state index contributed by atoms with van der Waals surface area (Å²) >= 11 is 0. The van der Waals surface area contributed by atoms with Crippen LogP contribution in [0.2, 0.25) is 0 Å². The van der Waals surface area contributed by atoms with E-state index in [1.807, 2.05) is 0 Å². The van der Waals surface area contributed by atoms with Crippen LogP contribution in [0, 0.1) is 50.7 Å². The van der Waals surface area contributed by atoms with E-state index < -0.39 is 6.10 Å². The smallest absolute Gasteiger partial charge is 0.138 e. The summed E-state index contributed by atoms with van der Waals surface area (Å²) in [5.41, 5.74) is -0.555. The molecule has 0 saturated heterocycles. The van der Waals surface area contributed by atoms with Crippen molar-refractivity contribution in [2.75, 3.05) is 0 Å². The Bertz CT molecular complexity index is 759. The zero-order chi connectivity index (χ0) is 21.9. The fourth-order valence-corrected chi connectivity index (χ4v) is 10.8. The number of carbonyl (C=O) groups is 1. The van der Waals surface area contributed by atoms with Gasteiger partial charge in [0, 0.05) is 22.7 Å². The Morgan fingerprint density at radius 1 is 0.800 bits per heavy atom. The topological polar surface area (TPSA) is 57.5 Å². The van der Waals surface area contributed by atoms with Crippen molar-refractivity contribution >= 4 is 5.78 Å². The fraction of sp³-hybridized carbons (Fsp3) is 0.963. The van der Waals surface area contributed by atoms with Gasteiger partial charge in [0.2, 0.25) is 0 Å². The summed E-state index contributed by atoms with van der Waals surface area (Å²) < 4.78 is 0. The molecular formula is C27H44O3. The summed E-state index contributed by atoms with van der Waals surface area (Å²) in [7, 11) is 0. The molecule has 0 aliphatic heterocycles. The summed E-state index contributed by atoms with van der Waals surface area (Å²) in [6, 6.07) is 0. The maximum Gasteiger partial charge on any atom is 0.138 e. The van der Waals surface area contributed by atoms with Gasteiger partial charge in [0.05, 0.1) is 12.2 Å². The monoisotopic (exact) mass is 416 g/mol. The van der Waals surface area contributed by atoms with E-state index in [2.05, 4.69) is 41.5 Å². The van der Waals surface area contributed by atoms with Gasteiger partial charge in [0.15, 0.2) is 0 Å². The van der Waals surface area contributed by atoms with Crippen LogP contribution < -0.4 is 0 Å². The molecule has 3 nitrogen and oxygen atoms in total. The molecule has 0 spiro atoms. The van der Waals surface area contributed by atoms with Gasteiger partial charge in [-0.15, -0.1) is 0 Å². The van der Waals surface area contributed by atoms with Crippen molar-refractivity contribution in [3.05, 3.63) is 0 Å². The summed E-state index contributed by atoms with van der Waals surface area (Å²) in [6.07, 6.45) is 8.59. The highest BCUT2D eigenvalue weighted by Crippen LogP contribution is 2.76. The molecule has 170 valence electrons. The number of aliphatic hydroxyl groups excluding tert-OH is 2. The van der Waals surface area contributed by atoms with Crippen LogP contribution in [-0.4, -0.2) is 28.2 Å². The molecule has 2 N–H and O–H groups in total. The van der Waals surface area contributed by atoms with Gasteiger partial charge in [-0.2, -0.15) is 0 Å². The average molecular weight is 417 g/mol. The van der Waals surface area contributed by atoms with Gasteiger partial charge >= 0.3 is 0 Å². The van der Waals surface area contributed by atoms with Crippen LogP contribution in [0.1, 0.15) is 99.3 Å². The third-order valence-corrected chi connectivity index (χ3v) is 12.6. The lowest BCUT2D eigenvalue weighted by molar-refractivity contribution is -0.295. The van der Waals surface area contributed by atoms with Crippen molar-refractivity contribution in [2.24, 2.45) is 50.7 Å². The fourth-order valence-electron chi connectivity index (χ4n) is 10.8. The summed E-state index contributed by atoms with van der Waals surface area (Å²) in [5.74, 6) is 2.17. The SMILES string of the molecule is CC1(C)C(=O)CCC2(C)C1CC(O)C1(C)C2CCC2[C@H]3CCCC3(C)C[C@H](O)[C@]21C. The molecule has 0 heterocycles. The van der Waals surface area contributed by atoms with E-state index in [1.165, 1.54) is 25.7 Å². The lowest BCUT2D eigenvalue weighted by Crippen LogP contribution is -2.73. The van der Waals surface area contributed by atoms with Crippen molar-refractivity contribution in [3.63, 3.8) is 0 Å². The Hall–Kier alpha value is -0.410. The van der Waals surface area contributed by atoms with E-state index in [1.54, 1.807) is 0 Å². The first-order valence-electron chi connectivity index (χ1n) is 12.7. The van der Waals surface area contributed by atoms with Crippen molar-refractivity contribution in [1.82, 2.24) is 0 Å². The molecule has 0 amide bonds.